The van der Waals surface area contributed by atoms with Gasteiger partial charge in [0.25, 0.3) is 5.69 Å². The first-order chi connectivity index (χ1) is 14.7. The number of fused-ring (bicyclic) bond motifs is 1. The summed E-state index contributed by atoms with van der Waals surface area (Å²) in [4.78, 5) is 13.7. The van der Waals surface area contributed by atoms with Gasteiger partial charge in [0, 0.05) is 30.6 Å². The van der Waals surface area contributed by atoms with Crippen LogP contribution in [0.4, 0.5) is 11.5 Å². The summed E-state index contributed by atoms with van der Waals surface area (Å²) in [6.45, 7) is 3.92. The van der Waals surface area contributed by atoms with Crippen LogP contribution < -0.4 is 5.32 Å². The van der Waals surface area contributed by atoms with E-state index in [2.05, 4.69) is 40.5 Å². The SMILES string of the molecule is O=[N+]([O-])c1ccccc1-n1nc(C2CCN(Cc3ccccc3)CC2)c2c1NCC2. The van der Waals surface area contributed by atoms with Gasteiger partial charge in [-0.3, -0.25) is 15.0 Å². The van der Waals surface area contributed by atoms with E-state index >= 15 is 0 Å². The molecule has 0 spiro atoms. The lowest BCUT2D eigenvalue weighted by molar-refractivity contribution is -0.384. The number of para-hydroxylation sites is 2. The van der Waals surface area contributed by atoms with Crippen LogP contribution in [0.1, 0.15) is 35.6 Å². The Hall–Kier alpha value is -3.19. The molecule has 1 aromatic heterocycles. The Morgan fingerprint density at radius 3 is 2.57 bits per heavy atom. The van der Waals surface area contributed by atoms with Gasteiger partial charge < -0.3 is 5.32 Å². The van der Waals surface area contributed by atoms with Crippen LogP contribution >= 0.6 is 0 Å². The first-order valence-corrected chi connectivity index (χ1v) is 10.6. The smallest absolute Gasteiger partial charge is 0.294 e. The first kappa shape index (κ1) is 18.8. The molecule has 3 heterocycles. The van der Waals surface area contributed by atoms with Gasteiger partial charge in [0.15, 0.2) is 0 Å². The Kier molecular flexibility index (Phi) is 4.96. The number of piperidine rings is 1. The molecule has 0 unspecified atom stereocenters. The lowest BCUT2D eigenvalue weighted by Gasteiger charge is -2.31. The number of benzene rings is 2. The van der Waals surface area contributed by atoms with Gasteiger partial charge >= 0.3 is 0 Å². The topological polar surface area (TPSA) is 76.2 Å². The zero-order chi connectivity index (χ0) is 20.5. The summed E-state index contributed by atoms with van der Waals surface area (Å²) >= 11 is 0. The average molecular weight is 403 g/mol. The number of hydrogen-bond donors (Lipinski definition) is 1. The number of nitrogens with one attached hydrogen (secondary N) is 1. The molecule has 0 amide bonds. The van der Waals surface area contributed by atoms with Gasteiger partial charge in [-0.25, -0.2) is 4.68 Å². The maximum atomic E-state index is 11.5. The van der Waals surface area contributed by atoms with Gasteiger partial charge in [-0.2, -0.15) is 5.10 Å². The number of nitro groups is 1. The Morgan fingerprint density at radius 2 is 1.80 bits per heavy atom. The molecule has 0 bridgehead atoms. The van der Waals surface area contributed by atoms with E-state index in [1.807, 2.05) is 6.07 Å². The number of nitro benzene ring substituents is 1. The minimum absolute atomic E-state index is 0.0840. The molecule has 5 rings (SSSR count). The predicted molar refractivity (Wildman–Crippen MR) is 116 cm³/mol. The summed E-state index contributed by atoms with van der Waals surface area (Å²) < 4.78 is 1.76. The first-order valence-electron chi connectivity index (χ1n) is 10.6. The normalized spacial score (nSPS) is 16.9. The molecular weight excluding hydrogens is 378 g/mol. The standard InChI is InChI=1S/C23H25N5O2/c29-28(30)21-9-5-4-8-20(21)27-23-19(10-13-24-23)22(25-27)18-11-14-26(15-12-18)16-17-6-2-1-3-7-17/h1-9,18,24H,10-16H2. The van der Waals surface area contributed by atoms with Crippen molar-refractivity contribution in [1.29, 1.82) is 0 Å². The fourth-order valence-corrected chi connectivity index (χ4v) is 4.71. The summed E-state index contributed by atoms with van der Waals surface area (Å²) in [5, 5.41) is 19.8. The van der Waals surface area contributed by atoms with Crippen molar-refractivity contribution in [1.82, 2.24) is 14.7 Å². The minimum atomic E-state index is -0.333. The molecule has 1 saturated heterocycles. The van der Waals surface area contributed by atoms with Gasteiger partial charge in [0.1, 0.15) is 11.5 Å². The van der Waals surface area contributed by atoms with Gasteiger partial charge in [0.2, 0.25) is 0 Å². The van der Waals surface area contributed by atoms with Crippen LogP contribution in [-0.2, 0) is 13.0 Å². The highest BCUT2D eigenvalue weighted by Crippen LogP contribution is 2.38. The number of likely N-dealkylation sites (tertiary alicyclic amines) is 1. The van der Waals surface area contributed by atoms with E-state index in [4.69, 9.17) is 5.10 Å². The van der Waals surface area contributed by atoms with Crippen molar-refractivity contribution in [3.8, 4) is 5.69 Å². The third-order valence-corrected chi connectivity index (χ3v) is 6.21. The summed E-state index contributed by atoms with van der Waals surface area (Å²) in [6, 6.07) is 17.4. The van der Waals surface area contributed by atoms with Crippen LogP contribution in [0, 0.1) is 10.1 Å². The van der Waals surface area contributed by atoms with E-state index < -0.39 is 0 Å². The molecule has 3 aromatic rings. The van der Waals surface area contributed by atoms with Crippen LogP contribution in [0.5, 0.6) is 0 Å². The molecule has 1 N–H and O–H groups in total. The van der Waals surface area contributed by atoms with Crippen molar-refractivity contribution in [3.05, 3.63) is 81.5 Å². The van der Waals surface area contributed by atoms with Crippen LogP contribution in [0.25, 0.3) is 5.69 Å². The van der Waals surface area contributed by atoms with Crippen molar-refractivity contribution >= 4 is 11.5 Å². The molecule has 7 heteroatoms. The molecular formula is C23H25N5O2. The quantitative estimate of drug-likeness (QED) is 0.512. The van der Waals surface area contributed by atoms with E-state index in [1.54, 1.807) is 22.9 Å². The fraction of sp³-hybridized carbons (Fsp3) is 0.348. The number of rotatable bonds is 5. The molecule has 0 saturated carbocycles. The van der Waals surface area contributed by atoms with Crippen molar-refractivity contribution in [3.63, 3.8) is 0 Å². The number of anilines is 1. The highest BCUT2D eigenvalue weighted by molar-refractivity contribution is 5.62. The Morgan fingerprint density at radius 1 is 1.07 bits per heavy atom. The zero-order valence-electron chi connectivity index (χ0n) is 16.8. The average Bonchev–Trinajstić information content (AvgIpc) is 3.38. The minimum Gasteiger partial charge on any atom is -0.369 e. The summed E-state index contributed by atoms with van der Waals surface area (Å²) in [7, 11) is 0. The third kappa shape index (κ3) is 3.45. The van der Waals surface area contributed by atoms with Gasteiger partial charge in [0.05, 0.1) is 10.6 Å². The Labute approximate surface area is 175 Å². The van der Waals surface area contributed by atoms with E-state index in [1.165, 1.54) is 11.1 Å². The van der Waals surface area contributed by atoms with Crippen LogP contribution in [0.15, 0.2) is 54.6 Å². The molecule has 2 aliphatic heterocycles. The van der Waals surface area contributed by atoms with Crippen LogP contribution in [0.2, 0.25) is 0 Å². The second-order valence-corrected chi connectivity index (χ2v) is 8.08. The summed E-state index contributed by atoms with van der Waals surface area (Å²) in [5.74, 6) is 1.32. The van der Waals surface area contributed by atoms with Crippen LogP contribution in [0.3, 0.4) is 0 Å². The number of nitrogens with zero attached hydrogens (tertiary/aromatic N) is 4. The summed E-state index contributed by atoms with van der Waals surface area (Å²) in [5.41, 5.74) is 4.31. The van der Waals surface area contributed by atoms with E-state index in [-0.39, 0.29) is 10.6 Å². The molecule has 2 aliphatic rings. The zero-order valence-corrected chi connectivity index (χ0v) is 16.8. The molecule has 0 aliphatic carbocycles. The lowest BCUT2D eigenvalue weighted by atomic mass is 9.90. The van der Waals surface area contributed by atoms with Crippen molar-refractivity contribution in [2.45, 2.75) is 31.7 Å². The third-order valence-electron chi connectivity index (χ3n) is 6.21. The lowest BCUT2D eigenvalue weighted by Crippen LogP contribution is -2.32. The summed E-state index contributed by atoms with van der Waals surface area (Å²) in [6.07, 6.45) is 3.05. The van der Waals surface area contributed by atoms with Crippen molar-refractivity contribution < 1.29 is 4.92 Å². The molecule has 0 atom stereocenters. The van der Waals surface area contributed by atoms with Gasteiger partial charge in [-0.1, -0.05) is 42.5 Å². The van der Waals surface area contributed by atoms with E-state index in [9.17, 15) is 10.1 Å². The molecule has 7 nitrogen and oxygen atoms in total. The number of hydrogen-bond acceptors (Lipinski definition) is 5. The van der Waals surface area contributed by atoms with Gasteiger partial charge in [-0.15, -0.1) is 0 Å². The van der Waals surface area contributed by atoms with Crippen molar-refractivity contribution in [2.75, 3.05) is 25.0 Å². The number of aromatic nitrogens is 2. The predicted octanol–water partition coefficient (Wildman–Crippen LogP) is 4.13. The Bertz CT molecular complexity index is 1050. The van der Waals surface area contributed by atoms with E-state index in [0.29, 0.717) is 11.6 Å². The molecule has 1 fully saturated rings. The maximum absolute atomic E-state index is 11.5. The van der Waals surface area contributed by atoms with E-state index in [0.717, 1.165) is 57.0 Å². The molecule has 2 aromatic carbocycles. The van der Waals surface area contributed by atoms with Crippen LogP contribution in [-0.4, -0.2) is 39.2 Å². The Balaban J connectivity index is 1.38. The maximum Gasteiger partial charge on any atom is 0.294 e. The second-order valence-electron chi connectivity index (χ2n) is 8.08. The monoisotopic (exact) mass is 403 g/mol. The van der Waals surface area contributed by atoms with Crippen molar-refractivity contribution in [2.24, 2.45) is 0 Å². The fourth-order valence-electron chi connectivity index (χ4n) is 4.71. The highest BCUT2D eigenvalue weighted by atomic mass is 16.6. The molecule has 154 valence electrons. The molecule has 30 heavy (non-hydrogen) atoms. The largest absolute Gasteiger partial charge is 0.369 e. The molecule has 0 radical (unpaired) electrons. The van der Waals surface area contributed by atoms with Gasteiger partial charge in [-0.05, 0) is 44.0 Å². The second kappa shape index (κ2) is 7.91. The highest BCUT2D eigenvalue weighted by Gasteiger charge is 2.31.